The summed E-state index contributed by atoms with van der Waals surface area (Å²) in [5, 5.41) is 16.9. The van der Waals surface area contributed by atoms with Crippen molar-refractivity contribution in [3.8, 4) is 11.4 Å². The Morgan fingerprint density at radius 2 is 1.92 bits per heavy atom. The molecule has 0 spiro atoms. The van der Waals surface area contributed by atoms with Gasteiger partial charge < -0.3 is 15.2 Å². The van der Waals surface area contributed by atoms with Crippen LogP contribution in [0.25, 0.3) is 5.69 Å². The molecule has 0 unspecified atom stereocenters. The Bertz CT molecular complexity index is 967. The maximum absolute atomic E-state index is 12.4. The molecule has 8 heteroatoms. The first-order chi connectivity index (χ1) is 12.5. The monoisotopic (exact) mass is 415 g/mol. The standard InChI is InChI=1S/C18H14BrN3O4/c1-26-18(25)14-3-2-4-15(16(14)23)21-17(24)11-5-7-13(8-6-11)22-10-12(19)9-20-22/h2-10,23H,1H3,(H,21,24). The minimum absolute atomic E-state index is 0.0232. The van der Waals surface area contributed by atoms with Crippen LogP contribution in [0.15, 0.2) is 59.3 Å². The van der Waals surface area contributed by atoms with Gasteiger partial charge in [-0.25, -0.2) is 9.48 Å². The van der Waals surface area contributed by atoms with Gasteiger partial charge in [-0.3, -0.25) is 4.79 Å². The molecule has 26 heavy (non-hydrogen) atoms. The number of amides is 1. The number of halogens is 1. The summed E-state index contributed by atoms with van der Waals surface area (Å²) >= 11 is 3.33. The normalized spacial score (nSPS) is 10.4. The minimum Gasteiger partial charge on any atom is -0.505 e. The van der Waals surface area contributed by atoms with Crippen molar-refractivity contribution in [1.82, 2.24) is 9.78 Å². The van der Waals surface area contributed by atoms with Crippen LogP contribution in [0.1, 0.15) is 20.7 Å². The molecular formula is C18H14BrN3O4. The molecule has 3 aromatic rings. The summed E-state index contributed by atoms with van der Waals surface area (Å²) in [5.41, 5.74) is 1.29. The van der Waals surface area contributed by atoms with Crippen LogP contribution >= 0.6 is 15.9 Å². The Balaban J connectivity index is 1.79. The van der Waals surface area contributed by atoms with Crippen LogP contribution in [-0.4, -0.2) is 33.9 Å². The SMILES string of the molecule is COC(=O)c1cccc(NC(=O)c2ccc(-n3cc(Br)cn3)cc2)c1O. The molecule has 0 saturated carbocycles. The summed E-state index contributed by atoms with van der Waals surface area (Å²) in [4.78, 5) is 24.0. The van der Waals surface area contributed by atoms with E-state index in [2.05, 4.69) is 31.1 Å². The number of aromatic nitrogens is 2. The molecule has 1 aromatic heterocycles. The zero-order valence-corrected chi connectivity index (χ0v) is 15.2. The number of rotatable bonds is 4. The van der Waals surface area contributed by atoms with Crippen LogP contribution in [0.2, 0.25) is 0 Å². The van der Waals surface area contributed by atoms with Gasteiger partial charge in [-0.1, -0.05) is 6.07 Å². The summed E-state index contributed by atoms with van der Waals surface area (Å²) < 4.78 is 7.11. The van der Waals surface area contributed by atoms with E-state index in [-0.39, 0.29) is 17.0 Å². The predicted octanol–water partition coefficient (Wildman–Crippen LogP) is 3.38. The van der Waals surface area contributed by atoms with Crippen molar-refractivity contribution in [2.45, 2.75) is 0 Å². The first kappa shape index (κ1) is 17.7. The van der Waals surface area contributed by atoms with Gasteiger partial charge in [-0.2, -0.15) is 5.10 Å². The number of aromatic hydroxyl groups is 1. The van der Waals surface area contributed by atoms with Crippen molar-refractivity contribution >= 4 is 33.5 Å². The molecular weight excluding hydrogens is 402 g/mol. The third-order valence-corrected chi connectivity index (χ3v) is 4.04. The van der Waals surface area contributed by atoms with Crippen molar-refractivity contribution in [2.24, 2.45) is 0 Å². The zero-order chi connectivity index (χ0) is 18.7. The third kappa shape index (κ3) is 3.60. The van der Waals surface area contributed by atoms with Crippen LogP contribution < -0.4 is 5.32 Å². The Morgan fingerprint density at radius 1 is 1.19 bits per heavy atom. The highest BCUT2D eigenvalue weighted by atomic mass is 79.9. The molecule has 1 amide bonds. The second-order valence-electron chi connectivity index (χ2n) is 5.30. The number of hydrogen-bond donors (Lipinski definition) is 2. The highest BCUT2D eigenvalue weighted by Crippen LogP contribution is 2.28. The maximum Gasteiger partial charge on any atom is 0.341 e. The molecule has 0 bridgehead atoms. The van der Waals surface area contributed by atoms with E-state index in [1.54, 1.807) is 47.4 Å². The number of anilines is 1. The van der Waals surface area contributed by atoms with E-state index in [4.69, 9.17) is 0 Å². The first-order valence-electron chi connectivity index (χ1n) is 7.52. The lowest BCUT2D eigenvalue weighted by molar-refractivity contribution is 0.0597. The largest absolute Gasteiger partial charge is 0.505 e. The molecule has 0 radical (unpaired) electrons. The smallest absolute Gasteiger partial charge is 0.341 e. The lowest BCUT2D eigenvalue weighted by Crippen LogP contribution is -2.13. The second-order valence-corrected chi connectivity index (χ2v) is 6.21. The average molecular weight is 416 g/mol. The number of methoxy groups -OCH3 is 1. The number of phenols is 1. The Morgan fingerprint density at radius 3 is 2.54 bits per heavy atom. The zero-order valence-electron chi connectivity index (χ0n) is 13.6. The lowest BCUT2D eigenvalue weighted by atomic mass is 10.1. The fourth-order valence-corrected chi connectivity index (χ4v) is 2.61. The number of esters is 1. The highest BCUT2D eigenvalue weighted by Gasteiger charge is 2.16. The van der Waals surface area contributed by atoms with Crippen LogP contribution in [-0.2, 0) is 4.74 Å². The highest BCUT2D eigenvalue weighted by molar-refractivity contribution is 9.10. The van der Waals surface area contributed by atoms with Gasteiger partial charge in [-0.15, -0.1) is 0 Å². The lowest BCUT2D eigenvalue weighted by Gasteiger charge is -2.10. The number of ether oxygens (including phenoxy) is 1. The van der Waals surface area contributed by atoms with E-state index >= 15 is 0 Å². The molecule has 0 saturated heterocycles. The summed E-state index contributed by atoms with van der Waals surface area (Å²) in [6.07, 6.45) is 3.46. The van der Waals surface area contributed by atoms with Crippen molar-refractivity contribution < 1.29 is 19.4 Å². The van der Waals surface area contributed by atoms with Gasteiger partial charge in [0.25, 0.3) is 5.91 Å². The Labute approximate surface area is 157 Å². The first-order valence-corrected chi connectivity index (χ1v) is 8.31. The van der Waals surface area contributed by atoms with Crippen LogP contribution in [0.5, 0.6) is 5.75 Å². The quantitative estimate of drug-likeness (QED) is 0.503. The van der Waals surface area contributed by atoms with Crippen molar-refractivity contribution in [3.05, 3.63) is 70.5 Å². The fourth-order valence-electron chi connectivity index (χ4n) is 2.32. The van der Waals surface area contributed by atoms with E-state index < -0.39 is 11.9 Å². The fraction of sp³-hybridized carbons (Fsp3) is 0.0556. The number of para-hydroxylation sites is 1. The number of nitrogens with one attached hydrogen (secondary N) is 1. The molecule has 0 aliphatic rings. The second kappa shape index (κ2) is 7.40. The summed E-state index contributed by atoms with van der Waals surface area (Å²) in [5.74, 6) is -1.45. The van der Waals surface area contributed by atoms with Crippen molar-refractivity contribution in [1.29, 1.82) is 0 Å². The molecule has 1 heterocycles. The number of carbonyl (C=O) groups excluding carboxylic acids is 2. The van der Waals surface area contributed by atoms with Gasteiger partial charge in [-0.05, 0) is 52.3 Å². The molecule has 0 fully saturated rings. The maximum atomic E-state index is 12.4. The molecule has 132 valence electrons. The van der Waals surface area contributed by atoms with Gasteiger partial charge in [0.15, 0.2) is 5.75 Å². The van der Waals surface area contributed by atoms with E-state index in [0.717, 1.165) is 10.2 Å². The van der Waals surface area contributed by atoms with Crippen molar-refractivity contribution in [3.63, 3.8) is 0 Å². The topological polar surface area (TPSA) is 93.5 Å². The van der Waals surface area contributed by atoms with Crippen LogP contribution in [0.3, 0.4) is 0 Å². The van der Waals surface area contributed by atoms with Gasteiger partial charge >= 0.3 is 5.97 Å². The molecule has 0 atom stereocenters. The summed E-state index contributed by atoms with van der Waals surface area (Å²) in [7, 11) is 1.22. The van der Waals surface area contributed by atoms with Crippen LogP contribution in [0.4, 0.5) is 5.69 Å². The molecule has 0 aliphatic carbocycles. The van der Waals surface area contributed by atoms with E-state index in [9.17, 15) is 14.7 Å². The predicted molar refractivity (Wildman–Crippen MR) is 98.7 cm³/mol. The number of phenolic OH excluding ortho intramolecular Hbond substituents is 1. The van der Waals surface area contributed by atoms with Gasteiger partial charge in [0.1, 0.15) is 5.56 Å². The van der Waals surface area contributed by atoms with E-state index in [1.807, 2.05) is 0 Å². The third-order valence-electron chi connectivity index (χ3n) is 3.63. The Kier molecular flexibility index (Phi) is 5.04. The minimum atomic E-state index is -0.687. The number of benzene rings is 2. The molecule has 2 N–H and O–H groups in total. The Hall–Kier alpha value is -3.13. The number of hydrogen-bond acceptors (Lipinski definition) is 5. The number of nitrogens with zero attached hydrogens (tertiary/aromatic N) is 2. The number of carbonyl (C=O) groups is 2. The van der Waals surface area contributed by atoms with E-state index in [1.165, 1.54) is 19.2 Å². The van der Waals surface area contributed by atoms with Crippen LogP contribution in [0, 0.1) is 0 Å². The molecule has 0 aliphatic heterocycles. The van der Waals surface area contributed by atoms with E-state index in [0.29, 0.717) is 5.56 Å². The summed E-state index contributed by atoms with van der Waals surface area (Å²) in [6, 6.07) is 11.2. The van der Waals surface area contributed by atoms with Gasteiger partial charge in [0.2, 0.25) is 0 Å². The average Bonchev–Trinajstić information content (AvgIpc) is 3.09. The molecule has 3 rings (SSSR count). The summed E-state index contributed by atoms with van der Waals surface area (Å²) in [6.45, 7) is 0. The van der Waals surface area contributed by atoms with Gasteiger partial charge in [0.05, 0.1) is 29.2 Å². The van der Waals surface area contributed by atoms with Gasteiger partial charge in [0, 0.05) is 11.8 Å². The van der Waals surface area contributed by atoms with Crippen molar-refractivity contribution in [2.75, 3.05) is 12.4 Å². The molecule has 7 nitrogen and oxygen atoms in total. The molecule has 2 aromatic carbocycles.